The van der Waals surface area contributed by atoms with Crippen LogP contribution in [-0.2, 0) is 5.41 Å². The van der Waals surface area contributed by atoms with Crippen LogP contribution in [0.5, 0.6) is 0 Å². The van der Waals surface area contributed by atoms with Gasteiger partial charge in [0.15, 0.2) is 5.82 Å². The smallest absolute Gasteiger partial charge is 0.160 e. The van der Waals surface area contributed by atoms with E-state index in [9.17, 15) is 0 Å². The lowest BCUT2D eigenvalue weighted by Gasteiger charge is -2.40. The lowest BCUT2D eigenvalue weighted by Crippen LogP contribution is -2.32. The summed E-state index contributed by atoms with van der Waals surface area (Å²) in [5.41, 5.74) is 14.8. The summed E-state index contributed by atoms with van der Waals surface area (Å²) in [4.78, 5) is 12.8. The van der Waals surface area contributed by atoms with E-state index in [-0.39, 0.29) is 0 Å². The minimum atomic E-state index is -0.476. The van der Waals surface area contributed by atoms with E-state index in [2.05, 4.69) is 170 Å². The standard InChI is InChI=1S/C53H32N2S2/c1-3-14-33(15-4-1)46-32-47(55-52(54-46)34-16-5-2-6-17-34)37-19-13-18-35(28-37)36-26-27-50-45(29-36)53(43-23-10-12-25-49(43)57-50)42-22-9-7-20-38(42)40-31-51-41(30-44(40)53)39-21-8-11-24-48(39)56-51/h1-32H. The topological polar surface area (TPSA) is 25.8 Å². The molecule has 1 aliphatic carbocycles. The Morgan fingerprint density at radius 2 is 1.00 bits per heavy atom. The number of hydrogen-bond acceptors (Lipinski definition) is 4. The second-order valence-corrected chi connectivity index (χ2v) is 17.0. The molecule has 8 aromatic carbocycles. The molecule has 0 fully saturated rings. The number of rotatable bonds is 4. The second-order valence-electron chi connectivity index (χ2n) is 14.9. The van der Waals surface area contributed by atoms with Crippen LogP contribution in [0.25, 0.3) is 76.3 Å². The molecule has 0 saturated heterocycles. The lowest BCUT2D eigenvalue weighted by atomic mass is 9.67. The molecule has 2 aliphatic rings. The normalized spacial score (nSPS) is 15.0. The molecule has 266 valence electrons. The average Bonchev–Trinajstić information content (AvgIpc) is 3.79. The fourth-order valence-corrected chi connectivity index (χ4v) is 11.5. The number of aromatic nitrogens is 2. The monoisotopic (exact) mass is 760 g/mol. The number of hydrogen-bond donors (Lipinski definition) is 0. The number of nitrogens with zero attached hydrogens (tertiary/aromatic N) is 2. The molecule has 0 amide bonds. The maximum absolute atomic E-state index is 5.17. The first kappa shape index (κ1) is 32.6. The lowest BCUT2D eigenvalue weighted by molar-refractivity contribution is 0.724. The average molecular weight is 761 g/mol. The number of thiophene rings is 1. The van der Waals surface area contributed by atoms with Crippen molar-refractivity contribution >= 4 is 43.3 Å². The zero-order chi connectivity index (χ0) is 37.5. The quantitative estimate of drug-likeness (QED) is 0.179. The van der Waals surface area contributed by atoms with Crippen LogP contribution in [0.3, 0.4) is 0 Å². The summed E-state index contributed by atoms with van der Waals surface area (Å²) in [6, 6.07) is 70.8. The predicted molar refractivity (Wildman–Crippen MR) is 238 cm³/mol. The zero-order valence-electron chi connectivity index (χ0n) is 30.7. The van der Waals surface area contributed by atoms with Gasteiger partial charge in [-0.25, -0.2) is 9.97 Å². The zero-order valence-corrected chi connectivity index (χ0v) is 32.3. The molecule has 1 spiro atoms. The van der Waals surface area contributed by atoms with E-state index in [0.717, 1.165) is 39.5 Å². The van der Waals surface area contributed by atoms with Crippen molar-refractivity contribution in [3.63, 3.8) is 0 Å². The van der Waals surface area contributed by atoms with Crippen molar-refractivity contribution in [1.82, 2.24) is 9.97 Å². The van der Waals surface area contributed by atoms with Gasteiger partial charge in [-0.05, 0) is 93.0 Å². The molecule has 2 nitrogen and oxygen atoms in total. The fourth-order valence-electron chi connectivity index (χ4n) is 9.22. The first-order valence-corrected chi connectivity index (χ1v) is 20.9. The predicted octanol–water partition coefficient (Wildman–Crippen LogP) is 14.3. The molecule has 0 bridgehead atoms. The van der Waals surface area contributed by atoms with Crippen molar-refractivity contribution in [2.24, 2.45) is 0 Å². The summed E-state index contributed by atoms with van der Waals surface area (Å²) >= 11 is 3.78. The van der Waals surface area contributed by atoms with Gasteiger partial charge in [0.25, 0.3) is 0 Å². The Bertz CT molecular complexity index is 3160. The van der Waals surface area contributed by atoms with Gasteiger partial charge in [0, 0.05) is 46.7 Å². The Morgan fingerprint density at radius 3 is 1.86 bits per heavy atom. The van der Waals surface area contributed by atoms with Crippen LogP contribution < -0.4 is 0 Å². The van der Waals surface area contributed by atoms with E-state index in [0.29, 0.717) is 0 Å². The van der Waals surface area contributed by atoms with Crippen molar-refractivity contribution < 1.29 is 0 Å². The highest BCUT2D eigenvalue weighted by Crippen LogP contribution is 2.63. The van der Waals surface area contributed by atoms with Gasteiger partial charge in [0.2, 0.25) is 0 Å². The van der Waals surface area contributed by atoms with Gasteiger partial charge >= 0.3 is 0 Å². The van der Waals surface area contributed by atoms with Gasteiger partial charge in [-0.1, -0.05) is 157 Å². The van der Waals surface area contributed by atoms with Gasteiger partial charge in [-0.3, -0.25) is 0 Å². The summed E-state index contributed by atoms with van der Waals surface area (Å²) in [5.74, 6) is 0.717. The number of benzene rings is 8. The summed E-state index contributed by atoms with van der Waals surface area (Å²) in [6.07, 6.45) is 0. The van der Waals surface area contributed by atoms with Crippen LogP contribution in [0.1, 0.15) is 22.3 Å². The molecule has 0 saturated carbocycles. The molecular weight excluding hydrogens is 729 g/mol. The van der Waals surface area contributed by atoms with Crippen molar-refractivity contribution in [3.05, 3.63) is 216 Å². The van der Waals surface area contributed by atoms with Crippen LogP contribution >= 0.6 is 23.1 Å². The largest absolute Gasteiger partial charge is 0.228 e. The molecule has 1 atom stereocenters. The minimum Gasteiger partial charge on any atom is -0.228 e. The summed E-state index contributed by atoms with van der Waals surface area (Å²) in [6.45, 7) is 0. The Kier molecular flexibility index (Phi) is 7.28. The molecular formula is C53H32N2S2. The Balaban J connectivity index is 1.07. The Labute approximate surface area is 339 Å². The minimum absolute atomic E-state index is 0.476. The number of fused-ring (bicyclic) bond motifs is 12. The maximum atomic E-state index is 5.17. The first-order valence-electron chi connectivity index (χ1n) is 19.3. The SMILES string of the molecule is c1ccc(-c2cc(-c3cccc(-c4ccc5c(c4)C4(c6ccccc6S5)c5ccccc5-c5cc6sc7ccccc7c6cc54)c3)nc(-c3ccccc3)n2)cc1. The van der Waals surface area contributed by atoms with Crippen molar-refractivity contribution in [2.75, 3.05) is 0 Å². The molecule has 57 heavy (non-hydrogen) atoms. The molecule has 3 heterocycles. The van der Waals surface area contributed by atoms with Gasteiger partial charge in [0.1, 0.15) is 0 Å². The van der Waals surface area contributed by atoms with Crippen LogP contribution in [0, 0.1) is 0 Å². The third-order valence-electron chi connectivity index (χ3n) is 11.8. The highest BCUT2D eigenvalue weighted by atomic mass is 32.2. The highest BCUT2D eigenvalue weighted by Gasteiger charge is 2.50. The molecule has 1 aliphatic heterocycles. The third-order valence-corrected chi connectivity index (χ3v) is 14.0. The first-order chi connectivity index (χ1) is 28.2. The van der Waals surface area contributed by atoms with Crippen LogP contribution in [0.15, 0.2) is 204 Å². The molecule has 4 heteroatoms. The fraction of sp³-hybridized carbons (Fsp3) is 0.0189. The van der Waals surface area contributed by atoms with E-state index in [1.807, 2.05) is 47.4 Å². The molecule has 12 rings (SSSR count). The Morgan fingerprint density at radius 1 is 0.351 bits per heavy atom. The molecule has 1 unspecified atom stereocenters. The van der Waals surface area contributed by atoms with E-state index in [1.165, 1.54) is 68.9 Å². The maximum Gasteiger partial charge on any atom is 0.160 e. The van der Waals surface area contributed by atoms with Gasteiger partial charge in [-0.15, -0.1) is 11.3 Å². The van der Waals surface area contributed by atoms with Crippen LogP contribution in [0.2, 0.25) is 0 Å². The van der Waals surface area contributed by atoms with E-state index < -0.39 is 5.41 Å². The highest BCUT2D eigenvalue weighted by molar-refractivity contribution is 7.99. The van der Waals surface area contributed by atoms with Crippen LogP contribution in [-0.4, -0.2) is 9.97 Å². The summed E-state index contributed by atoms with van der Waals surface area (Å²) in [5, 5.41) is 2.66. The molecule has 10 aromatic rings. The van der Waals surface area contributed by atoms with E-state index >= 15 is 0 Å². The van der Waals surface area contributed by atoms with Gasteiger partial charge in [0.05, 0.1) is 16.8 Å². The Hall–Kier alpha value is -6.59. The molecule has 0 radical (unpaired) electrons. The summed E-state index contributed by atoms with van der Waals surface area (Å²) < 4.78 is 2.66. The van der Waals surface area contributed by atoms with Crippen LogP contribution in [0.4, 0.5) is 0 Å². The molecule has 0 N–H and O–H groups in total. The van der Waals surface area contributed by atoms with E-state index in [4.69, 9.17) is 9.97 Å². The van der Waals surface area contributed by atoms with Crippen molar-refractivity contribution in [1.29, 1.82) is 0 Å². The van der Waals surface area contributed by atoms with Crippen molar-refractivity contribution in [3.8, 4) is 56.2 Å². The summed E-state index contributed by atoms with van der Waals surface area (Å²) in [7, 11) is 0. The third kappa shape index (κ3) is 4.98. The molecule has 2 aromatic heterocycles. The van der Waals surface area contributed by atoms with Crippen molar-refractivity contribution in [2.45, 2.75) is 15.2 Å². The second kappa shape index (κ2) is 12.7. The van der Waals surface area contributed by atoms with E-state index in [1.54, 1.807) is 0 Å². The van der Waals surface area contributed by atoms with Gasteiger partial charge < -0.3 is 0 Å². The van der Waals surface area contributed by atoms with Gasteiger partial charge in [-0.2, -0.15) is 0 Å².